The van der Waals surface area contributed by atoms with Crippen molar-refractivity contribution in [2.75, 3.05) is 13.2 Å². The Labute approximate surface area is 156 Å². The average Bonchev–Trinajstić information content (AvgIpc) is 3.14. The third-order valence-electron chi connectivity index (χ3n) is 5.75. The van der Waals surface area contributed by atoms with Crippen molar-refractivity contribution in [3.63, 3.8) is 0 Å². The van der Waals surface area contributed by atoms with Crippen molar-refractivity contribution >= 4 is 11.6 Å². The molecule has 2 unspecified atom stereocenters. The standard InChI is InChI=1S/C23H28O3/c1-15-12-16(2)21(23(25)13-15)8-9-22(24)19-6-4-18(5-7-19)17(3)20-10-11-26-14-20/h4-7,12,17,20H,8-11,13-14H2,1-3H3. The number of hydrogen-bond donors (Lipinski definition) is 0. The topological polar surface area (TPSA) is 43.4 Å². The molecule has 3 heteroatoms. The predicted octanol–water partition coefficient (Wildman–Crippen LogP) is 5.03. The Balaban J connectivity index is 1.61. The Morgan fingerprint density at radius 1 is 1.23 bits per heavy atom. The first-order valence-corrected chi connectivity index (χ1v) is 9.56. The van der Waals surface area contributed by atoms with Crippen LogP contribution >= 0.6 is 0 Å². The fraction of sp³-hybridized carbons (Fsp3) is 0.478. The summed E-state index contributed by atoms with van der Waals surface area (Å²) in [5, 5.41) is 0. The summed E-state index contributed by atoms with van der Waals surface area (Å²) in [6.07, 6.45) is 4.57. The van der Waals surface area contributed by atoms with E-state index >= 15 is 0 Å². The van der Waals surface area contributed by atoms with Gasteiger partial charge in [-0.3, -0.25) is 9.59 Å². The molecule has 1 aromatic carbocycles. The van der Waals surface area contributed by atoms with E-state index in [4.69, 9.17) is 4.74 Å². The third kappa shape index (κ3) is 4.21. The molecule has 1 saturated heterocycles. The maximum Gasteiger partial charge on any atom is 0.163 e. The van der Waals surface area contributed by atoms with Crippen LogP contribution in [0.5, 0.6) is 0 Å². The van der Waals surface area contributed by atoms with Crippen LogP contribution in [0.25, 0.3) is 0 Å². The number of ether oxygens (including phenoxy) is 1. The molecule has 0 aromatic heterocycles. The number of carbonyl (C=O) groups excluding carboxylic acids is 2. The van der Waals surface area contributed by atoms with Crippen LogP contribution in [-0.4, -0.2) is 24.8 Å². The monoisotopic (exact) mass is 352 g/mol. The van der Waals surface area contributed by atoms with Crippen LogP contribution in [0.4, 0.5) is 0 Å². The molecule has 0 N–H and O–H groups in total. The summed E-state index contributed by atoms with van der Waals surface area (Å²) >= 11 is 0. The summed E-state index contributed by atoms with van der Waals surface area (Å²) in [6.45, 7) is 7.86. The Bertz CT molecular complexity index is 746. The summed E-state index contributed by atoms with van der Waals surface area (Å²) in [5.74, 6) is 1.29. The number of carbonyl (C=O) groups is 2. The largest absolute Gasteiger partial charge is 0.381 e. The van der Waals surface area contributed by atoms with Gasteiger partial charge >= 0.3 is 0 Å². The van der Waals surface area contributed by atoms with Crippen LogP contribution in [0, 0.1) is 5.92 Å². The van der Waals surface area contributed by atoms with E-state index in [2.05, 4.69) is 25.1 Å². The van der Waals surface area contributed by atoms with Crippen LogP contribution in [0.3, 0.4) is 0 Å². The molecule has 2 aliphatic rings. The van der Waals surface area contributed by atoms with Gasteiger partial charge in [0.2, 0.25) is 0 Å². The van der Waals surface area contributed by atoms with Gasteiger partial charge in [-0.15, -0.1) is 0 Å². The van der Waals surface area contributed by atoms with Gasteiger partial charge in [0.05, 0.1) is 6.61 Å². The van der Waals surface area contributed by atoms with Gasteiger partial charge in [0.1, 0.15) is 0 Å². The third-order valence-corrected chi connectivity index (χ3v) is 5.75. The van der Waals surface area contributed by atoms with Crippen molar-refractivity contribution in [2.24, 2.45) is 5.92 Å². The van der Waals surface area contributed by atoms with Gasteiger partial charge in [0.25, 0.3) is 0 Å². The van der Waals surface area contributed by atoms with Crippen LogP contribution in [0.1, 0.15) is 68.3 Å². The molecule has 3 nitrogen and oxygen atoms in total. The maximum atomic E-state index is 12.5. The number of benzene rings is 1. The second-order valence-electron chi connectivity index (χ2n) is 7.71. The van der Waals surface area contributed by atoms with Crippen LogP contribution < -0.4 is 0 Å². The van der Waals surface area contributed by atoms with Crippen LogP contribution in [0.15, 0.2) is 47.1 Å². The normalized spacial score (nSPS) is 21.7. The molecule has 0 saturated carbocycles. The number of hydrogen-bond acceptors (Lipinski definition) is 3. The zero-order chi connectivity index (χ0) is 18.7. The minimum atomic E-state index is 0.104. The van der Waals surface area contributed by atoms with Crippen LogP contribution in [-0.2, 0) is 9.53 Å². The molecule has 0 spiro atoms. The zero-order valence-corrected chi connectivity index (χ0v) is 16.0. The highest BCUT2D eigenvalue weighted by Gasteiger charge is 2.24. The van der Waals surface area contributed by atoms with E-state index in [0.717, 1.165) is 41.9 Å². The molecule has 0 bridgehead atoms. The number of ketones is 2. The summed E-state index contributed by atoms with van der Waals surface area (Å²) in [7, 11) is 0. The summed E-state index contributed by atoms with van der Waals surface area (Å²) in [4.78, 5) is 24.7. The van der Waals surface area contributed by atoms with Crippen molar-refractivity contribution in [1.82, 2.24) is 0 Å². The lowest BCUT2D eigenvalue weighted by Crippen LogP contribution is -2.12. The predicted molar refractivity (Wildman–Crippen MR) is 103 cm³/mol. The molecule has 1 aliphatic carbocycles. The zero-order valence-electron chi connectivity index (χ0n) is 16.0. The highest BCUT2D eigenvalue weighted by atomic mass is 16.5. The second kappa shape index (κ2) is 8.13. The van der Waals surface area contributed by atoms with Crippen molar-refractivity contribution in [3.8, 4) is 0 Å². The Morgan fingerprint density at radius 2 is 1.96 bits per heavy atom. The lowest BCUT2D eigenvalue weighted by molar-refractivity contribution is -0.115. The van der Waals surface area contributed by atoms with E-state index in [-0.39, 0.29) is 11.6 Å². The Hall–Kier alpha value is -2.00. The smallest absolute Gasteiger partial charge is 0.163 e. The molecule has 3 rings (SSSR count). The van der Waals surface area contributed by atoms with Gasteiger partial charge in [0.15, 0.2) is 11.6 Å². The highest BCUT2D eigenvalue weighted by molar-refractivity contribution is 6.01. The SMILES string of the molecule is CC1=CC(C)=C(CCC(=O)c2ccc(C(C)C3CCOC3)cc2)C(=O)C1. The van der Waals surface area contributed by atoms with Crippen molar-refractivity contribution < 1.29 is 14.3 Å². The summed E-state index contributed by atoms with van der Waals surface area (Å²) < 4.78 is 5.49. The summed E-state index contributed by atoms with van der Waals surface area (Å²) in [6, 6.07) is 7.99. The van der Waals surface area contributed by atoms with Gasteiger partial charge < -0.3 is 4.74 Å². The first-order valence-electron chi connectivity index (χ1n) is 9.56. The molecular weight excluding hydrogens is 324 g/mol. The van der Waals surface area contributed by atoms with Gasteiger partial charge in [-0.25, -0.2) is 0 Å². The molecule has 2 atom stereocenters. The molecule has 1 aliphatic heterocycles. The molecular formula is C23H28O3. The molecule has 1 fully saturated rings. The molecule has 1 aromatic rings. The fourth-order valence-corrected chi connectivity index (χ4v) is 4.00. The van der Waals surface area contributed by atoms with E-state index in [1.54, 1.807) is 0 Å². The first-order chi connectivity index (χ1) is 12.5. The van der Waals surface area contributed by atoms with Gasteiger partial charge in [-0.1, -0.05) is 42.8 Å². The average molecular weight is 352 g/mol. The second-order valence-corrected chi connectivity index (χ2v) is 7.71. The van der Waals surface area contributed by atoms with Crippen molar-refractivity contribution in [3.05, 3.63) is 58.2 Å². The fourth-order valence-electron chi connectivity index (χ4n) is 4.00. The number of rotatable bonds is 6. The number of Topliss-reactive ketones (excluding diaryl/α,β-unsaturated/α-hetero) is 2. The lowest BCUT2D eigenvalue weighted by atomic mass is 9.86. The van der Waals surface area contributed by atoms with Crippen LogP contribution in [0.2, 0.25) is 0 Å². The molecule has 138 valence electrons. The van der Waals surface area contributed by atoms with E-state index in [1.165, 1.54) is 5.56 Å². The summed E-state index contributed by atoms with van der Waals surface area (Å²) in [5.41, 5.74) is 4.92. The van der Waals surface area contributed by atoms with E-state index < -0.39 is 0 Å². The van der Waals surface area contributed by atoms with E-state index in [1.807, 2.05) is 26.0 Å². The van der Waals surface area contributed by atoms with Crippen molar-refractivity contribution in [1.29, 1.82) is 0 Å². The maximum absolute atomic E-state index is 12.5. The van der Waals surface area contributed by atoms with E-state index in [0.29, 0.717) is 31.1 Å². The highest BCUT2D eigenvalue weighted by Crippen LogP contribution is 2.31. The van der Waals surface area contributed by atoms with Crippen molar-refractivity contribution in [2.45, 2.75) is 52.4 Å². The molecule has 26 heavy (non-hydrogen) atoms. The minimum absolute atomic E-state index is 0.104. The van der Waals surface area contributed by atoms with E-state index in [9.17, 15) is 9.59 Å². The molecule has 0 amide bonds. The van der Waals surface area contributed by atoms with Gasteiger partial charge in [-0.05, 0) is 55.2 Å². The number of allylic oxidation sites excluding steroid dienone is 4. The minimum Gasteiger partial charge on any atom is -0.381 e. The molecule has 1 heterocycles. The Morgan fingerprint density at radius 3 is 2.58 bits per heavy atom. The van der Waals surface area contributed by atoms with Gasteiger partial charge in [-0.2, -0.15) is 0 Å². The lowest BCUT2D eigenvalue weighted by Gasteiger charge is -2.18. The Kier molecular flexibility index (Phi) is 5.87. The molecule has 0 radical (unpaired) electrons. The van der Waals surface area contributed by atoms with Gasteiger partial charge in [0, 0.05) is 25.0 Å². The first kappa shape index (κ1) is 18.8. The quantitative estimate of drug-likeness (QED) is 0.675.